The monoisotopic (exact) mass is 646 g/mol. The lowest BCUT2D eigenvalue weighted by atomic mass is 9.78. The first-order valence-electron chi connectivity index (χ1n) is 13.7. The van der Waals surface area contributed by atoms with Crippen LogP contribution >= 0.6 is 0 Å². The van der Waals surface area contributed by atoms with E-state index in [0.717, 1.165) is 55.1 Å². The van der Waals surface area contributed by atoms with Gasteiger partial charge in [-0.05, 0) is 6.92 Å². The second kappa shape index (κ2) is 16.7. The number of carbonyl (C=O) groups is 7. The molecule has 2 aliphatic rings. The summed E-state index contributed by atoms with van der Waals surface area (Å²) in [7, 11) is 2.25. The Labute approximate surface area is 258 Å². The minimum Gasteiger partial charge on any atom is -0.471 e. The summed E-state index contributed by atoms with van der Waals surface area (Å²) in [5.41, 5.74) is -0.103. The summed E-state index contributed by atoms with van der Waals surface area (Å²) in [4.78, 5) is 85.0. The van der Waals surface area contributed by atoms with Gasteiger partial charge in [0.15, 0.2) is 18.3 Å². The molecule has 0 amide bonds. The number of ether oxygens (including phenoxy) is 10. The molecule has 0 aromatic rings. The SMILES string of the molecule is COC(=O)C[C@@H]1C(C(=O)OC)=CO[C@@H](O[C@@H]2O[C@H](COC(C)=O)[C@@H](OC(C)=O)[C@H](OC(C)=O)[C@H]2OC(C)=O)[C@@H]1[C@H](C)OC(C)=O. The lowest BCUT2D eigenvalue weighted by Gasteiger charge is -2.46. The van der Waals surface area contributed by atoms with Gasteiger partial charge in [0.05, 0.1) is 38.4 Å². The zero-order valence-corrected chi connectivity index (χ0v) is 26.1. The molecule has 1 saturated heterocycles. The van der Waals surface area contributed by atoms with Crippen molar-refractivity contribution in [3.8, 4) is 0 Å². The summed E-state index contributed by atoms with van der Waals surface area (Å²) in [6.07, 6.45) is -9.62. The van der Waals surface area contributed by atoms with Crippen molar-refractivity contribution < 1.29 is 80.9 Å². The fourth-order valence-corrected chi connectivity index (χ4v) is 4.98. The van der Waals surface area contributed by atoms with Crippen LogP contribution in [-0.2, 0) is 80.9 Å². The Kier molecular flexibility index (Phi) is 13.7. The molecule has 0 unspecified atom stereocenters. The lowest BCUT2D eigenvalue weighted by molar-refractivity contribution is -0.347. The van der Waals surface area contributed by atoms with Crippen molar-refractivity contribution in [1.82, 2.24) is 0 Å². The molecule has 2 rings (SSSR count). The molecule has 0 radical (unpaired) electrons. The summed E-state index contributed by atoms with van der Waals surface area (Å²) in [5.74, 6) is -7.77. The average Bonchev–Trinajstić information content (AvgIpc) is 2.93. The number of methoxy groups -OCH3 is 2. The molecule has 2 aliphatic heterocycles. The van der Waals surface area contributed by atoms with Gasteiger partial charge in [0.25, 0.3) is 0 Å². The summed E-state index contributed by atoms with van der Waals surface area (Å²) < 4.78 is 54.2. The molecule has 0 aliphatic carbocycles. The number of hydrogen-bond donors (Lipinski definition) is 0. The van der Waals surface area contributed by atoms with Crippen molar-refractivity contribution >= 4 is 41.8 Å². The van der Waals surface area contributed by atoms with Crippen LogP contribution in [0.4, 0.5) is 0 Å². The van der Waals surface area contributed by atoms with E-state index in [4.69, 9.17) is 47.4 Å². The number of carbonyl (C=O) groups excluding carboxylic acids is 7. The van der Waals surface area contributed by atoms with Gasteiger partial charge in [-0.3, -0.25) is 28.8 Å². The van der Waals surface area contributed by atoms with Gasteiger partial charge in [-0.2, -0.15) is 0 Å². The van der Waals surface area contributed by atoms with E-state index >= 15 is 0 Å². The summed E-state index contributed by atoms with van der Waals surface area (Å²) >= 11 is 0. The Hall–Kier alpha value is -4.25. The molecule has 2 heterocycles. The lowest BCUT2D eigenvalue weighted by Crippen LogP contribution is -2.64. The Balaban J connectivity index is 2.67. The Bertz CT molecular complexity index is 1160. The van der Waals surface area contributed by atoms with Crippen molar-refractivity contribution in [2.45, 2.75) is 91.1 Å². The Morgan fingerprint density at radius 2 is 1.33 bits per heavy atom. The van der Waals surface area contributed by atoms with Crippen molar-refractivity contribution in [2.24, 2.45) is 11.8 Å². The largest absolute Gasteiger partial charge is 0.471 e. The molecular weight excluding hydrogens is 608 g/mol. The maximum absolute atomic E-state index is 12.7. The number of rotatable bonds is 12. The fraction of sp³-hybridized carbons (Fsp3) is 0.679. The van der Waals surface area contributed by atoms with E-state index < -0.39 is 110 Å². The van der Waals surface area contributed by atoms with Crippen molar-refractivity contribution in [3.05, 3.63) is 11.8 Å². The molecule has 9 atom stereocenters. The Morgan fingerprint density at radius 1 is 0.756 bits per heavy atom. The number of hydrogen-bond acceptors (Lipinski definition) is 17. The first kappa shape index (κ1) is 36.9. The van der Waals surface area contributed by atoms with Gasteiger partial charge in [0.1, 0.15) is 18.8 Å². The molecule has 0 saturated carbocycles. The predicted octanol–water partition coefficient (Wildman–Crippen LogP) is 0.246. The molecular formula is C28H38O17. The Morgan fingerprint density at radius 3 is 1.84 bits per heavy atom. The quantitative estimate of drug-likeness (QED) is 0.205. The van der Waals surface area contributed by atoms with Crippen LogP contribution in [0.2, 0.25) is 0 Å². The molecule has 1 fully saturated rings. The predicted molar refractivity (Wildman–Crippen MR) is 143 cm³/mol. The number of esters is 7. The minimum atomic E-state index is -1.69. The van der Waals surface area contributed by atoms with Gasteiger partial charge < -0.3 is 47.4 Å². The molecule has 45 heavy (non-hydrogen) atoms. The van der Waals surface area contributed by atoms with Gasteiger partial charge in [-0.25, -0.2) is 4.79 Å². The van der Waals surface area contributed by atoms with E-state index in [9.17, 15) is 33.6 Å². The van der Waals surface area contributed by atoms with Crippen molar-refractivity contribution in [1.29, 1.82) is 0 Å². The maximum atomic E-state index is 12.7. The van der Waals surface area contributed by atoms with Gasteiger partial charge in [-0.1, -0.05) is 0 Å². The van der Waals surface area contributed by atoms with Gasteiger partial charge in [0.2, 0.25) is 12.6 Å². The molecule has 0 aromatic carbocycles. The third kappa shape index (κ3) is 10.4. The van der Waals surface area contributed by atoms with E-state index in [1.807, 2.05) is 0 Å². The van der Waals surface area contributed by atoms with Crippen molar-refractivity contribution in [2.75, 3.05) is 20.8 Å². The van der Waals surface area contributed by atoms with E-state index in [0.29, 0.717) is 0 Å². The summed E-state index contributed by atoms with van der Waals surface area (Å²) in [6, 6.07) is 0. The maximum Gasteiger partial charge on any atom is 0.337 e. The first-order valence-corrected chi connectivity index (χ1v) is 13.7. The van der Waals surface area contributed by atoms with Crippen LogP contribution in [0.25, 0.3) is 0 Å². The standard InChI is InChI=1S/C28H38O17/c1-12(40-14(3)30)22-18(9-21(34)36-7)19(26(35)37-8)10-39-27(22)45-28-25(43-17(6)33)24(42-16(5)32)23(41-15(4)31)20(44-28)11-38-13(2)29/h10,12,18,20,22-25,27-28H,9,11H2,1-8H3/t12-,18+,20+,22+,23+,24-,25+,27-,28-/m0/s1. The van der Waals surface area contributed by atoms with Crippen LogP contribution in [0.5, 0.6) is 0 Å². The molecule has 0 bridgehead atoms. The van der Waals surface area contributed by atoms with Crippen LogP contribution in [-0.4, -0.2) is 106 Å². The highest BCUT2D eigenvalue weighted by Gasteiger charge is 2.55. The third-order valence-electron chi connectivity index (χ3n) is 6.65. The van der Waals surface area contributed by atoms with Gasteiger partial charge in [0, 0.05) is 40.5 Å². The average molecular weight is 647 g/mol. The second-order valence-electron chi connectivity index (χ2n) is 10.1. The minimum absolute atomic E-state index is 0.103. The third-order valence-corrected chi connectivity index (χ3v) is 6.65. The zero-order chi connectivity index (χ0) is 34.0. The summed E-state index contributed by atoms with van der Waals surface area (Å²) in [5, 5.41) is 0. The molecule has 0 N–H and O–H groups in total. The van der Waals surface area contributed by atoms with Gasteiger partial charge in [-0.15, -0.1) is 0 Å². The smallest absolute Gasteiger partial charge is 0.337 e. The van der Waals surface area contributed by atoms with E-state index in [-0.39, 0.29) is 5.57 Å². The second-order valence-corrected chi connectivity index (χ2v) is 10.1. The summed E-state index contributed by atoms with van der Waals surface area (Å²) in [6.45, 7) is 6.38. The van der Waals surface area contributed by atoms with E-state index in [1.165, 1.54) is 6.92 Å². The van der Waals surface area contributed by atoms with Gasteiger partial charge >= 0.3 is 41.8 Å². The van der Waals surface area contributed by atoms with Crippen LogP contribution in [0, 0.1) is 11.8 Å². The van der Waals surface area contributed by atoms with Crippen LogP contribution in [0.3, 0.4) is 0 Å². The molecule has 17 nitrogen and oxygen atoms in total. The van der Waals surface area contributed by atoms with E-state index in [1.54, 1.807) is 0 Å². The molecule has 0 spiro atoms. The van der Waals surface area contributed by atoms with Crippen molar-refractivity contribution in [3.63, 3.8) is 0 Å². The highest BCUT2D eigenvalue weighted by Crippen LogP contribution is 2.40. The van der Waals surface area contributed by atoms with Crippen LogP contribution < -0.4 is 0 Å². The zero-order valence-electron chi connectivity index (χ0n) is 26.1. The fourth-order valence-electron chi connectivity index (χ4n) is 4.98. The van der Waals surface area contributed by atoms with Crippen LogP contribution in [0.15, 0.2) is 11.8 Å². The van der Waals surface area contributed by atoms with Crippen LogP contribution in [0.1, 0.15) is 48.0 Å². The molecule has 0 aromatic heterocycles. The topological polar surface area (TPSA) is 212 Å². The normalized spacial score (nSPS) is 28.1. The first-order chi connectivity index (χ1) is 21.1. The van der Waals surface area contributed by atoms with E-state index in [2.05, 4.69) is 0 Å². The molecule has 17 heteroatoms. The highest BCUT2D eigenvalue weighted by atomic mass is 16.8. The molecule has 252 valence electrons. The highest BCUT2D eigenvalue weighted by molar-refractivity contribution is 5.90.